The Morgan fingerprint density at radius 1 is 0.977 bits per heavy atom. The zero-order valence-corrected chi connectivity index (χ0v) is 27.4. The molecular weight excluding hydrogens is 548 g/mol. The Kier molecular flexibility index (Phi) is 8.91. The van der Waals surface area contributed by atoms with Gasteiger partial charge < -0.3 is 19.7 Å². The van der Waals surface area contributed by atoms with Crippen molar-refractivity contribution in [2.75, 3.05) is 7.11 Å². The number of methoxy groups -OCH3 is 1. The summed E-state index contributed by atoms with van der Waals surface area (Å²) in [4.78, 5) is 48.6. The summed E-state index contributed by atoms with van der Waals surface area (Å²) >= 11 is 0. The van der Waals surface area contributed by atoms with Gasteiger partial charge in [-0.3, -0.25) is 19.2 Å². The molecule has 0 bridgehead atoms. The smallest absolute Gasteiger partial charge is 0.317 e. The number of carbonyl (C=O) groups is 4. The second-order valence-corrected chi connectivity index (χ2v) is 15.2. The van der Waals surface area contributed by atoms with Crippen molar-refractivity contribution in [2.45, 2.75) is 118 Å². The van der Waals surface area contributed by atoms with Crippen LogP contribution in [-0.4, -0.2) is 53.2 Å². The number of esters is 2. The SMILES string of the molecule is C=C(C(=O)CC(C)C1CCC2(C)C3=C(CC(O)C12C)C1(C)CCC(OC(=O)CC(=O)OC)C(C)(C)C1CC3)C(C)C(=O)O. The van der Waals surface area contributed by atoms with Crippen molar-refractivity contribution in [3.8, 4) is 0 Å². The van der Waals surface area contributed by atoms with Gasteiger partial charge in [0.1, 0.15) is 12.5 Å². The topological polar surface area (TPSA) is 127 Å². The van der Waals surface area contributed by atoms with Gasteiger partial charge in [-0.05, 0) is 80.5 Å². The van der Waals surface area contributed by atoms with Gasteiger partial charge in [-0.2, -0.15) is 0 Å². The molecule has 0 aromatic heterocycles. The molecule has 9 unspecified atom stereocenters. The summed E-state index contributed by atoms with van der Waals surface area (Å²) in [6.07, 6.45) is 4.82. The number of rotatable bonds is 9. The number of hydrogen-bond donors (Lipinski definition) is 2. The molecule has 8 nitrogen and oxygen atoms in total. The highest BCUT2D eigenvalue weighted by molar-refractivity contribution is 5.99. The lowest BCUT2D eigenvalue weighted by Crippen LogP contribution is -2.58. The summed E-state index contributed by atoms with van der Waals surface area (Å²) in [5.74, 6) is -2.97. The summed E-state index contributed by atoms with van der Waals surface area (Å²) in [5, 5.41) is 21.4. The number of ether oxygens (including phenoxy) is 2. The minimum absolute atomic E-state index is 0.0187. The number of allylic oxidation sites excluding steroid dienone is 1. The third-order valence-corrected chi connectivity index (χ3v) is 13.1. The fourth-order valence-electron chi connectivity index (χ4n) is 10.2. The van der Waals surface area contributed by atoms with E-state index in [2.05, 4.69) is 52.9 Å². The van der Waals surface area contributed by atoms with E-state index in [0.717, 1.165) is 32.1 Å². The van der Waals surface area contributed by atoms with Gasteiger partial charge in [0.15, 0.2) is 5.78 Å². The Bertz CT molecular complexity index is 1230. The molecule has 0 saturated heterocycles. The van der Waals surface area contributed by atoms with Crippen LogP contribution in [0.25, 0.3) is 0 Å². The van der Waals surface area contributed by atoms with Crippen LogP contribution >= 0.6 is 0 Å². The molecule has 8 heteroatoms. The average molecular weight is 601 g/mol. The number of aliphatic carboxylic acids is 1. The summed E-state index contributed by atoms with van der Waals surface area (Å²) in [6, 6.07) is 0. The van der Waals surface area contributed by atoms with Gasteiger partial charge in [-0.1, -0.05) is 59.3 Å². The Balaban J connectivity index is 1.60. The molecule has 4 aliphatic carbocycles. The van der Waals surface area contributed by atoms with Crippen LogP contribution in [0.5, 0.6) is 0 Å². The molecule has 43 heavy (non-hydrogen) atoms. The maximum Gasteiger partial charge on any atom is 0.317 e. The molecule has 4 aliphatic rings. The van der Waals surface area contributed by atoms with Crippen LogP contribution in [0.15, 0.2) is 23.3 Å². The molecule has 9 atom stereocenters. The first-order valence-corrected chi connectivity index (χ1v) is 16.0. The number of hydrogen-bond acceptors (Lipinski definition) is 7. The zero-order chi connectivity index (χ0) is 32.3. The number of Topliss-reactive ketones (excluding diaryl/α,β-unsaturated/α-hetero) is 1. The van der Waals surface area contributed by atoms with Crippen molar-refractivity contribution in [1.29, 1.82) is 0 Å². The van der Waals surface area contributed by atoms with Gasteiger partial charge in [-0.25, -0.2) is 0 Å². The first kappa shape index (κ1) is 33.4. The lowest BCUT2D eigenvalue weighted by atomic mass is 9.42. The molecule has 0 spiro atoms. The van der Waals surface area contributed by atoms with Gasteiger partial charge in [0.25, 0.3) is 0 Å². The van der Waals surface area contributed by atoms with E-state index < -0.39 is 35.3 Å². The van der Waals surface area contributed by atoms with E-state index in [1.807, 2.05) is 0 Å². The van der Waals surface area contributed by atoms with Crippen LogP contribution in [0.4, 0.5) is 0 Å². The van der Waals surface area contributed by atoms with Crippen LogP contribution in [0.1, 0.15) is 106 Å². The summed E-state index contributed by atoms with van der Waals surface area (Å²) < 4.78 is 10.5. The van der Waals surface area contributed by atoms with E-state index in [0.29, 0.717) is 12.8 Å². The fourth-order valence-corrected chi connectivity index (χ4v) is 10.2. The molecule has 2 fully saturated rings. The van der Waals surface area contributed by atoms with Crippen molar-refractivity contribution < 1.29 is 38.9 Å². The van der Waals surface area contributed by atoms with E-state index in [4.69, 9.17) is 4.74 Å². The quantitative estimate of drug-likeness (QED) is 0.142. The Morgan fingerprint density at radius 2 is 1.63 bits per heavy atom. The van der Waals surface area contributed by atoms with E-state index >= 15 is 0 Å². The van der Waals surface area contributed by atoms with Crippen LogP contribution in [0.3, 0.4) is 0 Å². The number of carboxylic acids is 1. The fraction of sp³-hybridized carbons (Fsp3) is 0.771. The molecule has 2 N–H and O–H groups in total. The summed E-state index contributed by atoms with van der Waals surface area (Å²) in [6.45, 7) is 18.6. The van der Waals surface area contributed by atoms with Crippen molar-refractivity contribution >= 4 is 23.7 Å². The van der Waals surface area contributed by atoms with E-state index in [1.165, 1.54) is 25.2 Å². The van der Waals surface area contributed by atoms with Gasteiger partial charge in [-0.15, -0.1) is 0 Å². The highest BCUT2D eigenvalue weighted by Crippen LogP contribution is 2.72. The van der Waals surface area contributed by atoms with Gasteiger partial charge in [0.05, 0.1) is 19.1 Å². The lowest BCUT2D eigenvalue weighted by molar-refractivity contribution is -0.173. The number of aliphatic hydroxyl groups excluding tert-OH is 1. The van der Waals surface area contributed by atoms with Gasteiger partial charge in [0.2, 0.25) is 0 Å². The molecule has 0 radical (unpaired) electrons. The molecule has 0 heterocycles. The number of fused-ring (bicyclic) bond motifs is 4. The second kappa shape index (κ2) is 11.5. The molecule has 0 aromatic carbocycles. The highest BCUT2D eigenvalue weighted by Gasteiger charge is 2.66. The third kappa shape index (κ3) is 5.19. The van der Waals surface area contributed by atoms with Crippen molar-refractivity contribution in [2.24, 2.45) is 45.3 Å². The predicted molar refractivity (Wildman–Crippen MR) is 162 cm³/mol. The van der Waals surface area contributed by atoms with Crippen LogP contribution < -0.4 is 0 Å². The molecule has 2 saturated carbocycles. The van der Waals surface area contributed by atoms with E-state index in [9.17, 15) is 29.4 Å². The van der Waals surface area contributed by atoms with E-state index in [1.54, 1.807) is 0 Å². The molecule has 4 rings (SSSR count). The highest BCUT2D eigenvalue weighted by atomic mass is 16.6. The van der Waals surface area contributed by atoms with Gasteiger partial charge >= 0.3 is 17.9 Å². The maximum atomic E-state index is 13.0. The van der Waals surface area contributed by atoms with Crippen molar-refractivity contribution in [1.82, 2.24) is 0 Å². The van der Waals surface area contributed by atoms with Gasteiger partial charge in [0, 0.05) is 22.8 Å². The minimum atomic E-state index is -1.05. The Hall–Kier alpha value is -2.48. The van der Waals surface area contributed by atoms with Crippen LogP contribution in [0, 0.1) is 45.3 Å². The predicted octanol–water partition coefficient (Wildman–Crippen LogP) is 6.05. The first-order chi connectivity index (χ1) is 19.9. The lowest BCUT2D eigenvalue weighted by Gasteiger charge is -2.63. The molecule has 240 valence electrons. The first-order valence-electron chi connectivity index (χ1n) is 16.0. The standard InChI is InChI=1S/C35H52O8/c1-19(16-25(36)20(2)21(3)31(40)41)22-12-15-34(7)23-10-11-26-32(4,5)28(43-30(39)18-29(38)42-9)13-14-33(26,6)24(23)17-27(37)35(22,34)8/h19,21-22,26-28,37H,2,10-18H2,1,3-9H3,(H,40,41). The Morgan fingerprint density at radius 3 is 2.23 bits per heavy atom. The third-order valence-electron chi connectivity index (χ3n) is 13.1. The average Bonchev–Trinajstić information content (AvgIpc) is 3.22. The number of carbonyl (C=O) groups excluding carboxylic acids is 3. The van der Waals surface area contributed by atoms with Crippen molar-refractivity contribution in [3.05, 3.63) is 23.3 Å². The number of aliphatic hydroxyl groups is 1. The molecule has 0 aromatic rings. The summed E-state index contributed by atoms with van der Waals surface area (Å²) in [5.41, 5.74) is 1.90. The number of carboxylic acid groups (broad SMARTS) is 1. The van der Waals surface area contributed by atoms with E-state index in [-0.39, 0.29) is 64.3 Å². The second-order valence-electron chi connectivity index (χ2n) is 15.2. The summed E-state index contributed by atoms with van der Waals surface area (Å²) in [7, 11) is 1.26. The van der Waals surface area contributed by atoms with Crippen LogP contribution in [-0.2, 0) is 28.7 Å². The molecule has 0 aliphatic heterocycles. The molecule has 0 amide bonds. The Labute approximate surface area is 256 Å². The normalized spacial score (nSPS) is 37.7. The monoisotopic (exact) mass is 600 g/mol. The van der Waals surface area contributed by atoms with Crippen LogP contribution in [0.2, 0.25) is 0 Å². The maximum absolute atomic E-state index is 13.0. The zero-order valence-electron chi connectivity index (χ0n) is 27.4. The molecular formula is C35H52O8. The largest absolute Gasteiger partial charge is 0.481 e. The van der Waals surface area contributed by atoms with Crippen molar-refractivity contribution in [3.63, 3.8) is 0 Å². The minimum Gasteiger partial charge on any atom is -0.481 e. The number of ketones is 1.